The SMILES string of the molecule is CCCOc1ccc([C@@H](C)N[C@H](C)c2nc3c(s2)CCC3)cc1OC. The summed E-state index contributed by atoms with van der Waals surface area (Å²) in [7, 11) is 1.69. The number of rotatable bonds is 8. The first-order chi connectivity index (χ1) is 12.1. The molecule has 0 radical (unpaired) electrons. The van der Waals surface area contributed by atoms with Crippen LogP contribution in [0.15, 0.2) is 18.2 Å². The molecule has 1 aliphatic rings. The molecule has 3 rings (SSSR count). The molecule has 4 nitrogen and oxygen atoms in total. The monoisotopic (exact) mass is 360 g/mol. The Kier molecular flexibility index (Phi) is 5.97. The molecular formula is C20H28N2O2S. The molecule has 5 heteroatoms. The van der Waals surface area contributed by atoms with Gasteiger partial charge in [-0.2, -0.15) is 0 Å². The van der Waals surface area contributed by atoms with Gasteiger partial charge in [0.15, 0.2) is 11.5 Å². The van der Waals surface area contributed by atoms with Crippen molar-refractivity contribution in [3.05, 3.63) is 39.3 Å². The standard InChI is InChI=1S/C20H28N2O2S/c1-5-11-24-17-10-9-15(12-18(17)23-4)13(2)21-14(3)20-22-16-7-6-8-19(16)25-20/h9-10,12-14,21H,5-8,11H2,1-4H3/t13-,14-/m1/s1. The van der Waals surface area contributed by atoms with Crippen molar-refractivity contribution in [3.8, 4) is 11.5 Å². The minimum atomic E-state index is 0.211. The van der Waals surface area contributed by atoms with E-state index >= 15 is 0 Å². The van der Waals surface area contributed by atoms with Crippen LogP contribution in [0.4, 0.5) is 0 Å². The largest absolute Gasteiger partial charge is 0.493 e. The van der Waals surface area contributed by atoms with Gasteiger partial charge in [0, 0.05) is 10.9 Å². The Labute approximate surface area is 154 Å². The number of methoxy groups -OCH3 is 1. The summed E-state index contributed by atoms with van der Waals surface area (Å²) in [5.74, 6) is 1.60. The van der Waals surface area contributed by atoms with E-state index in [0.29, 0.717) is 6.61 Å². The first-order valence-electron chi connectivity index (χ1n) is 9.17. The third-order valence-electron chi connectivity index (χ3n) is 4.63. The van der Waals surface area contributed by atoms with Gasteiger partial charge in [0.2, 0.25) is 0 Å². The van der Waals surface area contributed by atoms with Gasteiger partial charge >= 0.3 is 0 Å². The number of aryl methyl sites for hydroxylation is 2. The minimum absolute atomic E-state index is 0.211. The van der Waals surface area contributed by atoms with E-state index in [4.69, 9.17) is 14.5 Å². The van der Waals surface area contributed by atoms with E-state index in [1.165, 1.54) is 34.0 Å². The van der Waals surface area contributed by atoms with Gasteiger partial charge in [-0.25, -0.2) is 4.98 Å². The Balaban J connectivity index is 1.68. The molecule has 0 unspecified atom stereocenters. The maximum Gasteiger partial charge on any atom is 0.161 e. The number of hydrogen-bond acceptors (Lipinski definition) is 5. The number of nitrogens with one attached hydrogen (secondary N) is 1. The van der Waals surface area contributed by atoms with Crippen molar-refractivity contribution in [2.75, 3.05) is 13.7 Å². The van der Waals surface area contributed by atoms with E-state index < -0.39 is 0 Å². The van der Waals surface area contributed by atoms with Crippen molar-refractivity contribution >= 4 is 11.3 Å². The van der Waals surface area contributed by atoms with E-state index in [1.807, 2.05) is 17.4 Å². The zero-order chi connectivity index (χ0) is 17.8. The van der Waals surface area contributed by atoms with Crippen LogP contribution in [-0.2, 0) is 12.8 Å². The summed E-state index contributed by atoms with van der Waals surface area (Å²) in [6, 6.07) is 6.64. The van der Waals surface area contributed by atoms with Gasteiger partial charge in [-0.1, -0.05) is 13.0 Å². The number of thiazole rings is 1. The highest BCUT2D eigenvalue weighted by atomic mass is 32.1. The summed E-state index contributed by atoms with van der Waals surface area (Å²) < 4.78 is 11.2. The van der Waals surface area contributed by atoms with Gasteiger partial charge < -0.3 is 14.8 Å². The summed E-state index contributed by atoms with van der Waals surface area (Å²) in [6.07, 6.45) is 4.59. The van der Waals surface area contributed by atoms with Crippen LogP contribution in [0.1, 0.15) is 66.8 Å². The van der Waals surface area contributed by atoms with Gasteiger partial charge in [0.1, 0.15) is 5.01 Å². The van der Waals surface area contributed by atoms with Gasteiger partial charge in [-0.3, -0.25) is 0 Å². The van der Waals surface area contributed by atoms with E-state index in [2.05, 4.69) is 38.2 Å². The first kappa shape index (κ1) is 18.2. The lowest BCUT2D eigenvalue weighted by Crippen LogP contribution is -2.22. The number of benzene rings is 1. The van der Waals surface area contributed by atoms with E-state index in [0.717, 1.165) is 24.3 Å². The molecule has 1 N–H and O–H groups in total. The fourth-order valence-corrected chi connectivity index (χ4v) is 4.39. The van der Waals surface area contributed by atoms with Crippen LogP contribution >= 0.6 is 11.3 Å². The molecule has 25 heavy (non-hydrogen) atoms. The molecule has 1 aromatic carbocycles. The van der Waals surface area contributed by atoms with E-state index in [1.54, 1.807) is 7.11 Å². The zero-order valence-electron chi connectivity index (χ0n) is 15.6. The Morgan fingerprint density at radius 2 is 2.04 bits per heavy atom. The summed E-state index contributed by atoms with van der Waals surface area (Å²) in [4.78, 5) is 6.31. The van der Waals surface area contributed by atoms with Crippen LogP contribution in [0.5, 0.6) is 11.5 Å². The second kappa shape index (κ2) is 8.19. The predicted octanol–water partition coefficient (Wildman–Crippen LogP) is 4.84. The van der Waals surface area contributed by atoms with Gasteiger partial charge in [-0.05, 0) is 57.2 Å². The summed E-state index contributed by atoms with van der Waals surface area (Å²) in [5.41, 5.74) is 2.51. The molecule has 0 spiro atoms. The topological polar surface area (TPSA) is 43.4 Å². The van der Waals surface area contributed by atoms with Crippen LogP contribution < -0.4 is 14.8 Å². The molecule has 1 aliphatic carbocycles. The average Bonchev–Trinajstić information content (AvgIpc) is 3.21. The lowest BCUT2D eigenvalue weighted by Gasteiger charge is -2.20. The molecule has 0 bridgehead atoms. The van der Waals surface area contributed by atoms with E-state index in [9.17, 15) is 0 Å². The second-order valence-electron chi connectivity index (χ2n) is 6.64. The first-order valence-corrected chi connectivity index (χ1v) is 9.99. The van der Waals surface area contributed by atoms with Gasteiger partial charge in [0.25, 0.3) is 0 Å². The Morgan fingerprint density at radius 1 is 1.20 bits per heavy atom. The van der Waals surface area contributed by atoms with Crippen molar-refractivity contribution in [3.63, 3.8) is 0 Å². The third kappa shape index (κ3) is 4.15. The number of fused-ring (bicyclic) bond motifs is 1. The maximum atomic E-state index is 5.74. The molecule has 0 amide bonds. The third-order valence-corrected chi connectivity index (χ3v) is 5.97. The summed E-state index contributed by atoms with van der Waals surface area (Å²) in [6.45, 7) is 7.18. The number of hydrogen-bond donors (Lipinski definition) is 1. The molecule has 0 fully saturated rings. The zero-order valence-corrected chi connectivity index (χ0v) is 16.4. The van der Waals surface area contributed by atoms with Crippen molar-refractivity contribution in [2.45, 2.75) is 58.5 Å². The van der Waals surface area contributed by atoms with Gasteiger partial charge in [-0.15, -0.1) is 11.3 Å². The minimum Gasteiger partial charge on any atom is -0.493 e. The van der Waals surface area contributed by atoms with Crippen molar-refractivity contribution in [2.24, 2.45) is 0 Å². The molecule has 0 saturated heterocycles. The average molecular weight is 361 g/mol. The Hall–Kier alpha value is -1.59. The molecule has 1 heterocycles. The smallest absolute Gasteiger partial charge is 0.161 e. The molecule has 0 aliphatic heterocycles. The highest BCUT2D eigenvalue weighted by Crippen LogP contribution is 2.33. The molecule has 2 aromatic rings. The number of nitrogens with zero attached hydrogens (tertiary/aromatic N) is 1. The maximum absolute atomic E-state index is 5.74. The van der Waals surface area contributed by atoms with Crippen LogP contribution in [-0.4, -0.2) is 18.7 Å². The Bertz CT molecular complexity index is 692. The fraction of sp³-hybridized carbons (Fsp3) is 0.550. The second-order valence-corrected chi connectivity index (χ2v) is 7.76. The number of aromatic nitrogens is 1. The Morgan fingerprint density at radius 3 is 2.76 bits per heavy atom. The lowest BCUT2D eigenvalue weighted by molar-refractivity contribution is 0.294. The highest BCUT2D eigenvalue weighted by molar-refractivity contribution is 7.11. The van der Waals surface area contributed by atoms with Crippen molar-refractivity contribution in [1.82, 2.24) is 10.3 Å². The predicted molar refractivity (Wildman–Crippen MR) is 103 cm³/mol. The van der Waals surface area contributed by atoms with Crippen molar-refractivity contribution < 1.29 is 9.47 Å². The summed E-state index contributed by atoms with van der Waals surface area (Å²) in [5, 5.41) is 4.87. The summed E-state index contributed by atoms with van der Waals surface area (Å²) >= 11 is 1.87. The van der Waals surface area contributed by atoms with Crippen LogP contribution in [0, 0.1) is 0 Å². The molecule has 1 aromatic heterocycles. The molecule has 136 valence electrons. The normalized spacial score (nSPS) is 15.7. The quantitative estimate of drug-likeness (QED) is 0.731. The van der Waals surface area contributed by atoms with Crippen molar-refractivity contribution in [1.29, 1.82) is 0 Å². The molecule has 2 atom stereocenters. The lowest BCUT2D eigenvalue weighted by atomic mass is 10.1. The van der Waals surface area contributed by atoms with Gasteiger partial charge in [0.05, 0.1) is 25.5 Å². The van der Waals surface area contributed by atoms with Crippen LogP contribution in [0.2, 0.25) is 0 Å². The molecule has 0 saturated carbocycles. The van der Waals surface area contributed by atoms with E-state index in [-0.39, 0.29) is 12.1 Å². The van der Waals surface area contributed by atoms with Crippen LogP contribution in [0.3, 0.4) is 0 Å². The fourth-order valence-electron chi connectivity index (χ4n) is 3.22. The molecular weight excluding hydrogens is 332 g/mol. The highest BCUT2D eigenvalue weighted by Gasteiger charge is 2.21. The number of ether oxygens (including phenoxy) is 2. The van der Waals surface area contributed by atoms with Crippen LogP contribution in [0.25, 0.3) is 0 Å².